The first-order valence-electron chi connectivity index (χ1n) is 7.47. The first-order chi connectivity index (χ1) is 11.3. The molecule has 0 aliphatic heterocycles. The van der Waals surface area contributed by atoms with Crippen molar-refractivity contribution < 1.29 is 18.3 Å². The standard InChI is InChI=1S/C16H19N3O4S/c1-3-11(2)14(16(20)21)19-24(22,23)13-9-17-15(18-10-13)12-7-5-4-6-8-12/h4-11,14,19H,3H2,1-2H3,(H,20,21)/t11-,14-/m0/s1. The number of hydrogen-bond donors (Lipinski definition) is 2. The van der Waals surface area contributed by atoms with Crippen molar-refractivity contribution in [3.8, 4) is 11.4 Å². The summed E-state index contributed by atoms with van der Waals surface area (Å²) in [4.78, 5) is 19.2. The molecule has 1 aromatic heterocycles. The fourth-order valence-electron chi connectivity index (χ4n) is 2.07. The van der Waals surface area contributed by atoms with Crippen LogP contribution in [-0.4, -0.2) is 35.5 Å². The number of hydrogen-bond acceptors (Lipinski definition) is 5. The predicted octanol–water partition coefficient (Wildman–Crippen LogP) is 1.92. The predicted molar refractivity (Wildman–Crippen MR) is 88.7 cm³/mol. The van der Waals surface area contributed by atoms with Gasteiger partial charge in [0, 0.05) is 5.56 Å². The van der Waals surface area contributed by atoms with E-state index in [0.29, 0.717) is 12.2 Å². The number of aliphatic carboxylic acids is 1. The van der Waals surface area contributed by atoms with Gasteiger partial charge in [-0.25, -0.2) is 18.4 Å². The monoisotopic (exact) mass is 349 g/mol. The zero-order chi connectivity index (χ0) is 17.7. The van der Waals surface area contributed by atoms with Crippen molar-refractivity contribution in [2.24, 2.45) is 5.92 Å². The van der Waals surface area contributed by atoms with Gasteiger partial charge in [-0.3, -0.25) is 4.79 Å². The Kier molecular flexibility index (Phi) is 5.63. The van der Waals surface area contributed by atoms with E-state index in [0.717, 1.165) is 5.56 Å². The van der Waals surface area contributed by atoms with Crippen LogP contribution in [0.4, 0.5) is 0 Å². The third-order valence-corrected chi connectivity index (χ3v) is 5.13. The number of nitrogens with one attached hydrogen (secondary N) is 1. The van der Waals surface area contributed by atoms with Gasteiger partial charge in [0.15, 0.2) is 5.82 Å². The number of carboxylic acid groups (broad SMARTS) is 1. The molecule has 0 unspecified atom stereocenters. The zero-order valence-electron chi connectivity index (χ0n) is 13.4. The van der Waals surface area contributed by atoms with Gasteiger partial charge in [-0.15, -0.1) is 0 Å². The highest BCUT2D eigenvalue weighted by molar-refractivity contribution is 7.89. The Morgan fingerprint density at radius 1 is 1.21 bits per heavy atom. The number of benzene rings is 1. The van der Waals surface area contributed by atoms with Crippen molar-refractivity contribution in [2.75, 3.05) is 0 Å². The van der Waals surface area contributed by atoms with Gasteiger partial charge in [-0.2, -0.15) is 4.72 Å². The number of carboxylic acids is 1. The van der Waals surface area contributed by atoms with Crippen LogP contribution < -0.4 is 4.72 Å². The maximum absolute atomic E-state index is 12.4. The van der Waals surface area contributed by atoms with E-state index in [1.165, 1.54) is 12.4 Å². The Labute approximate surface area is 140 Å². The summed E-state index contributed by atoms with van der Waals surface area (Å²) in [6.45, 7) is 3.48. The maximum Gasteiger partial charge on any atom is 0.322 e. The third kappa shape index (κ3) is 4.15. The van der Waals surface area contributed by atoms with Gasteiger partial charge >= 0.3 is 5.97 Å². The number of nitrogens with zero attached hydrogens (tertiary/aromatic N) is 2. The lowest BCUT2D eigenvalue weighted by atomic mass is 10.0. The molecule has 2 aromatic rings. The van der Waals surface area contributed by atoms with Gasteiger partial charge in [0.2, 0.25) is 10.0 Å². The van der Waals surface area contributed by atoms with Gasteiger partial charge in [0.25, 0.3) is 0 Å². The molecule has 7 nitrogen and oxygen atoms in total. The van der Waals surface area contributed by atoms with Crippen molar-refractivity contribution in [3.63, 3.8) is 0 Å². The molecule has 1 aromatic carbocycles. The summed E-state index contributed by atoms with van der Waals surface area (Å²) in [5.41, 5.74) is 0.762. The van der Waals surface area contributed by atoms with E-state index >= 15 is 0 Å². The fraction of sp³-hybridized carbons (Fsp3) is 0.312. The molecule has 0 spiro atoms. The minimum Gasteiger partial charge on any atom is -0.480 e. The Hall–Kier alpha value is -2.32. The lowest BCUT2D eigenvalue weighted by Gasteiger charge is -2.19. The summed E-state index contributed by atoms with van der Waals surface area (Å²) in [6.07, 6.45) is 2.88. The van der Waals surface area contributed by atoms with Crippen LogP contribution in [0, 0.1) is 5.92 Å². The maximum atomic E-state index is 12.4. The summed E-state index contributed by atoms with van der Waals surface area (Å²) in [5.74, 6) is -1.16. The van der Waals surface area contributed by atoms with Crippen LogP contribution in [-0.2, 0) is 14.8 Å². The second kappa shape index (κ2) is 7.50. The molecule has 0 radical (unpaired) electrons. The molecule has 0 aliphatic carbocycles. The molecule has 128 valence electrons. The molecular weight excluding hydrogens is 330 g/mol. The van der Waals surface area contributed by atoms with Crippen molar-refractivity contribution >= 4 is 16.0 Å². The highest BCUT2D eigenvalue weighted by Crippen LogP contribution is 2.16. The second-order valence-electron chi connectivity index (χ2n) is 5.43. The van der Waals surface area contributed by atoms with Crippen LogP contribution in [0.1, 0.15) is 20.3 Å². The lowest BCUT2D eigenvalue weighted by molar-refractivity contribution is -0.140. The average molecular weight is 349 g/mol. The zero-order valence-corrected chi connectivity index (χ0v) is 14.2. The van der Waals surface area contributed by atoms with E-state index in [1.807, 2.05) is 30.3 Å². The number of sulfonamides is 1. The highest BCUT2D eigenvalue weighted by atomic mass is 32.2. The van der Waals surface area contributed by atoms with Crippen molar-refractivity contribution in [1.82, 2.24) is 14.7 Å². The molecule has 0 fully saturated rings. The average Bonchev–Trinajstić information content (AvgIpc) is 2.59. The minimum absolute atomic E-state index is 0.170. The van der Waals surface area contributed by atoms with Crippen LogP contribution in [0.25, 0.3) is 11.4 Å². The largest absolute Gasteiger partial charge is 0.480 e. The fourth-order valence-corrected chi connectivity index (χ4v) is 3.26. The summed E-state index contributed by atoms with van der Waals surface area (Å²) >= 11 is 0. The normalized spacial score (nSPS) is 14.1. The first-order valence-corrected chi connectivity index (χ1v) is 8.96. The number of aromatic nitrogens is 2. The SMILES string of the molecule is CC[C@H](C)[C@H](NS(=O)(=O)c1cnc(-c2ccccc2)nc1)C(=O)O. The molecule has 0 bridgehead atoms. The number of rotatable bonds is 7. The molecule has 0 saturated carbocycles. The molecule has 0 aliphatic rings. The van der Waals surface area contributed by atoms with E-state index in [2.05, 4.69) is 14.7 Å². The van der Waals surface area contributed by atoms with Gasteiger partial charge in [-0.05, 0) is 5.92 Å². The molecule has 2 N–H and O–H groups in total. The van der Waals surface area contributed by atoms with E-state index < -0.39 is 22.0 Å². The second-order valence-corrected chi connectivity index (χ2v) is 7.15. The minimum atomic E-state index is -4.01. The highest BCUT2D eigenvalue weighted by Gasteiger charge is 2.29. The van der Waals surface area contributed by atoms with Crippen LogP contribution in [0.3, 0.4) is 0 Å². The molecule has 2 atom stereocenters. The summed E-state index contributed by atoms with van der Waals surface area (Å²) in [6, 6.07) is 7.93. The van der Waals surface area contributed by atoms with Gasteiger partial charge in [-0.1, -0.05) is 50.6 Å². The molecule has 1 heterocycles. The Balaban J connectivity index is 2.25. The Morgan fingerprint density at radius 2 is 1.79 bits per heavy atom. The van der Waals surface area contributed by atoms with Crippen LogP contribution in [0.15, 0.2) is 47.6 Å². The Bertz CT molecular complexity index is 792. The molecule has 8 heteroatoms. The number of carbonyl (C=O) groups is 1. The van der Waals surface area contributed by atoms with Crippen molar-refractivity contribution in [1.29, 1.82) is 0 Å². The summed E-state index contributed by atoms with van der Waals surface area (Å²) in [7, 11) is -4.01. The third-order valence-electron chi connectivity index (χ3n) is 3.73. The first kappa shape index (κ1) is 18.0. The van der Waals surface area contributed by atoms with E-state index in [9.17, 15) is 18.3 Å². The van der Waals surface area contributed by atoms with E-state index in [-0.39, 0.29) is 10.8 Å². The van der Waals surface area contributed by atoms with Crippen molar-refractivity contribution in [3.05, 3.63) is 42.7 Å². The van der Waals surface area contributed by atoms with Crippen LogP contribution in [0.5, 0.6) is 0 Å². The van der Waals surface area contributed by atoms with Gasteiger partial charge in [0.05, 0.1) is 12.4 Å². The molecular formula is C16H19N3O4S. The smallest absolute Gasteiger partial charge is 0.322 e. The van der Waals surface area contributed by atoms with E-state index in [1.54, 1.807) is 13.8 Å². The molecule has 2 rings (SSSR count). The van der Waals surface area contributed by atoms with Gasteiger partial charge < -0.3 is 5.11 Å². The van der Waals surface area contributed by atoms with Crippen molar-refractivity contribution in [2.45, 2.75) is 31.2 Å². The molecule has 0 saturated heterocycles. The molecule has 0 amide bonds. The summed E-state index contributed by atoms with van der Waals surface area (Å²) in [5, 5.41) is 9.22. The molecule has 24 heavy (non-hydrogen) atoms. The Morgan fingerprint density at radius 3 is 2.29 bits per heavy atom. The summed E-state index contributed by atoms with van der Waals surface area (Å²) < 4.78 is 26.9. The van der Waals surface area contributed by atoms with E-state index in [4.69, 9.17) is 0 Å². The van der Waals surface area contributed by atoms with Gasteiger partial charge in [0.1, 0.15) is 10.9 Å². The topological polar surface area (TPSA) is 109 Å². The van der Waals surface area contributed by atoms with Crippen LogP contribution >= 0.6 is 0 Å². The van der Waals surface area contributed by atoms with Crippen LogP contribution in [0.2, 0.25) is 0 Å². The lowest BCUT2D eigenvalue weighted by Crippen LogP contribution is -2.44. The quantitative estimate of drug-likeness (QED) is 0.790.